The van der Waals surface area contributed by atoms with E-state index in [-0.39, 0.29) is 22.7 Å². The van der Waals surface area contributed by atoms with Crippen molar-refractivity contribution in [1.82, 2.24) is 0 Å². The van der Waals surface area contributed by atoms with Gasteiger partial charge in [-0.2, -0.15) is 0 Å². The van der Waals surface area contributed by atoms with Crippen molar-refractivity contribution in [3.05, 3.63) is 11.1 Å². The third-order valence-corrected chi connectivity index (χ3v) is 8.32. The molecule has 4 aliphatic rings. The molecule has 0 N–H and O–H groups in total. The van der Waals surface area contributed by atoms with Crippen molar-refractivity contribution < 1.29 is 33.3 Å². The van der Waals surface area contributed by atoms with Gasteiger partial charge in [0, 0.05) is 19.8 Å². The molecule has 0 aromatic carbocycles. The molecule has 2 heterocycles. The quantitative estimate of drug-likeness (QED) is 0.378. The average Bonchev–Trinajstić information content (AvgIpc) is 2.93. The molecule has 2 bridgehead atoms. The van der Waals surface area contributed by atoms with Gasteiger partial charge < -0.3 is 18.9 Å². The van der Waals surface area contributed by atoms with Gasteiger partial charge in [-0.05, 0) is 48.9 Å². The van der Waals surface area contributed by atoms with Gasteiger partial charge in [-0.1, -0.05) is 38.8 Å². The van der Waals surface area contributed by atoms with Gasteiger partial charge >= 0.3 is 17.9 Å². The van der Waals surface area contributed by atoms with Gasteiger partial charge in [0.15, 0.2) is 0 Å². The lowest BCUT2D eigenvalue weighted by Crippen LogP contribution is -2.55. The molecule has 0 aromatic heterocycles. The molecule has 7 nitrogen and oxygen atoms in total. The van der Waals surface area contributed by atoms with Crippen molar-refractivity contribution in [3.8, 4) is 0 Å². The maximum Gasteiger partial charge on any atom is 0.350 e. The number of allylic oxidation sites excluding steroid dienone is 2. The number of carbonyl (C=O) groups is 3. The summed E-state index contributed by atoms with van der Waals surface area (Å²) in [6.45, 7) is 11.7. The number of rotatable bonds is 3. The van der Waals surface area contributed by atoms with Gasteiger partial charge in [0.1, 0.15) is 0 Å². The van der Waals surface area contributed by atoms with Crippen molar-refractivity contribution in [1.29, 1.82) is 0 Å². The molecule has 4 rings (SSSR count). The van der Waals surface area contributed by atoms with E-state index in [1.165, 1.54) is 32.3 Å². The van der Waals surface area contributed by atoms with E-state index in [9.17, 15) is 14.4 Å². The van der Waals surface area contributed by atoms with E-state index in [0.717, 1.165) is 19.3 Å². The van der Waals surface area contributed by atoms with Crippen LogP contribution in [0.5, 0.6) is 0 Å². The summed E-state index contributed by atoms with van der Waals surface area (Å²) in [6.07, 6.45) is 2.41. The molecule has 31 heavy (non-hydrogen) atoms. The molecule has 7 heteroatoms. The Morgan fingerprint density at radius 1 is 1.03 bits per heavy atom. The monoisotopic (exact) mass is 434 g/mol. The number of hydrogen-bond acceptors (Lipinski definition) is 7. The Labute approximate surface area is 183 Å². The van der Waals surface area contributed by atoms with Gasteiger partial charge in [-0.25, -0.2) is 4.79 Å². The fourth-order valence-electron chi connectivity index (χ4n) is 6.65. The summed E-state index contributed by atoms with van der Waals surface area (Å²) in [5, 5.41) is 0. The highest BCUT2D eigenvalue weighted by atomic mass is 16.8. The smallest absolute Gasteiger partial charge is 0.350 e. The van der Waals surface area contributed by atoms with Gasteiger partial charge in [0.25, 0.3) is 0 Å². The number of ether oxygens (including phenoxy) is 4. The summed E-state index contributed by atoms with van der Waals surface area (Å²) in [5.74, 6) is -2.31. The third kappa shape index (κ3) is 3.59. The number of fused-ring (bicyclic) bond motifs is 2. The maximum absolute atomic E-state index is 12.6. The second-order valence-corrected chi connectivity index (χ2v) is 10.5. The second-order valence-electron chi connectivity index (χ2n) is 10.5. The predicted molar refractivity (Wildman–Crippen MR) is 110 cm³/mol. The Bertz CT molecular complexity index is 828. The van der Waals surface area contributed by atoms with Gasteiger partial charge in [0.05, 0.1) is 5.92 Å². The molecule has 2 fully saturated rings. The van der Waals surface area contributed by atoms with Gasteiger partial charge in [-0.15, -0.1) is 0 Å². The highest BCUT2D eigenvalue weighted by molar-refractivity contribution is 5.80. The third-order valence-electron chi connectivity index (χ3n) is 8.32. The van der Waals surface area contributed by atoms with Gasteiger partial charge in [0.2, 0.25) is 18.7 Å². The summed E-state index contributed by atoms with van der Waals surface area (Å²) in [4.78, 5) is 36.1. The lowest BCUT2D eigenvalue weighted by Gasteiger charge is -2.53. The molecular weight excluding hydrogens is 400 g/mol. The zero-order valence-corrected chi connectivity index (χ0v) is 19.4. The van der Waals surface area contributed by atoms with Crippen molar-refractivity contribution in [2.45, 2.75) is 92.3 Å². The summed E-state index contributed by atoms with van der Waals surface area (Å²) >= 11 is 0. The second kappa shape index (κ2) is 7.61. The van der Waals surface area contributed by atoms with E-state index >= 15 is 0 Å². The largest absolute Gasteiger partial charge is 0.450 e. The summed E-state index contributed by atoms with van der Waals surface area (Å²) in [6, 6.07) is 0. The Balaban J connectivity index is 1.74. The fourth-order valence-corrected chi connectivity index (χ4v) is 6.65. The van der Waals surface area contributed by atoms with Crippen LogP contribution >= 0.6 is 0 Å². The van der Waals surface area contributed by atoms with E-state index < -0.39 is 42.5 Å². The Hall–Kier alpha value is -1.89. The molecule has 0 aromatic rings. The van der Waals surface area contributed by atoms with Crippen LogP contribution in [-0.2, 0) is 33.3 Å². The normalized spacial score (nSPS) is 41.3. The number of hydrogen-bond donors (Lipinski definition) is 0. The van der Waals surface area contributed by atoms with Crippen molar-refractivity contribution in [2.75, 3.05) is 0 Å². The van der Waals surface area contributed by atoms with E-state index in [0.29, 0.717) is 0 Å². The van der Waals surface area contributed by atoms with E-state index in [2.05, 4.69) is 27.7 Å². The number of carbonyl (C=O) groups excluding carboxylic acids is 3. The molecule has 0 radical (unpaired) electrons. The molecule has 172 valence electrons. The summed E-state index contributed by atoms with van der Waals surface area (Å²) in [5.41, 5.74) is 3.03. The van der Waals surface area contributed by atoms with Crippen LogP contribution in [0.1, 0.15) is 73.6 Å². The van der Waals surface area contributed by atoms with Crippen molar-refractivity contribution in [3.63, 3.8) is 0 Å². The van der Waals surface area contributed by atoms with Crippen LogP contribution in [0.15, 0.2) is 11.1 Å². The van der Waals surface area contributed by atoms with Crippen LogP contribution in [0.2, 0.25) is 0 Å². The minimum absolute atomic E-state index is 0.207. The minimum Gasteiger partial charge on any atom is -0.450 e. The lowest BCUT2D eigenvalue weighted by molar-refractivity contribution is -0.220. The first kappa shape index (κ1) is 22.3. The van der Waals surface area contributed by atoms with Crippen LogP contribution < -0.4 is 0 Å². The molecule has 0 saturated carbocycles. The first-order valence-corrected chi connectivity index (χ1v) is 11.4. The van der Waals surface area contributed by atoms with Crippen LogP contribution in [0.25, 0.3) is 0 Å². The first-order valence-electron chi connectivity index (χ1n) is 11.4. The molecule has 2 aliphatic carbocycles. The summed E-state index contributed by atoms with van der Waals surface area (Å²) in [7, 11) is 0. The SMILES string of the molecule is CC(=O)O[C@@H]1OC2OC(=O)[C@@H](OC(C)=O)[C@@H]1[C@@H]2[C@]1(C)CCC2=C(CCCC2(C)C)[C@H]1C. The van der Waals surface area contributed by atoms with E-state index in [1.807, 2.05) is 0 Å². The molecule has 7 atom stereocenters. The van der Waals surface area contributed by atoms with Crippen LogP contribution in [-0.4, -0.2) is 36.6 Å². The zero-order chi connectivity index (χ0) is 22.7. The molecule has 0 amide bonds. The van der Waals surface area contributed by atoms with Crippen LogP contribution in [0.3, 0.4) is 0 Å². The molecule has 2 saturated heterocycles. The molecule has 2 aliphatic heterocycles. The van der Waals surface area contributed by atoms with E-state index in [1.54, 1.807) is 5.57 Å². The summed E-state index contributed by atoms with van der Waals surface area (Å²) < 4.78 is 22.4. The maximum atomic E-state index is 12.6. The highest BCUT2D eigenvalue weighted by Crippen LogP contribution is 2.61. The zero-order valence-electron chi connectivity index (χ0n) is 19.4. The highest BCUT2D eigenvalue weighted by Gasteiger charge is 2.66. The molecule has 1 unspecified atom stereocenters. The molecular formula is C24H34O7. The Morgan fingerprint density at radius 2 is 1.71 bits per heavy atom. The standard InChI is InChI=1S/C24H34O7/c1-12-15-8-7-10-23(4,5)16(15)9-11-24(12,6)18-17-19(28-13(2)25)20(27)30-22(18)31-21(17)29-14(3)26/h12,17-19,21-22H,7-11H2,1-6H3/t12-,17+,18+,19+,21-,22?,24-/m1/s1. The van der Waals surface area contributed by atoms with Crippen molar-refractivity contribution >= 4 is 17.9 Å². The lowest BCUT2D eigenvalue weighted by atomic mass is 9.52. The van der Waals surface area contributed by atoms with E-state index in [4.69, 9.17) is 18.9 Å². The number of esters is 3. The average molecular weight is 435 g/mol. The van der Waals surface area contributed by atoms with Crippen LogP contribution in [0.4, 0.5) is 0 Å². The topological polar surface area (TPSA) is 88.1 Å². The van der Waals surface area contributed by atoms with Gasteiger partial charge in [-0.3, -0.25) is 9.59 Å². The van der Waals surface area contributed by atoms with Crippen molar-refractivity contribution in [2.24, 2.45) is 28.6 Å². The first-order chi connectivity index (χ1) is 14.5. The Kier molecular flexibility index (Phi) is 5.48. The van der Waals surface area contributed by atoms with Crippen LogP contribution in [0, 0.1) is 28.6 Å². The minimum atomic E-state index is -1.15. The fraction of sp³-hybridized carbons (Fsp3) is 0.792. The molecule has 0 spiro atoms. The predicted octanol–water partition coefficient (Wildman–Crippen LogP) is 3.90. The Morgan fingerprint density at radius 3 is 2.35 bits per heavy atom.